The van der Waals surface area contributed by atoms with Crippen LogP contribution in [-0.4, -0.2) is 14.2 Å². The van der Waals surface area contributed by atoms with Crippen LogP contribution < -0.4 is 4.72 Å². The summed E-state index contributed by atoms with van der Waals surface area (Å²) in [4.78, 5) is 0. The first kappa shape index (κ1) is 14.0. The van der Waals surface area contributed by atoms with Gasteiger partial charge in [0.15, 0.2) is 0 Å². The van der Waals surface area contributed by atoms with Crippen LogP contribution in [0.3, 0.4) is 0 Å². The van der Waals surface area contributed by atoms with Crippen LogP contribution in [0.1, 0.15) is 32.6 Å². The average Bonchev–Trinajstić information content (AvgIpc) is 2.27. The number of unbranched alkanes of at least 4 members (excludes halogenated alkanes) is 3. The lowest BCUT2D eigenvalue weighted by atomic mass is 10.2. The molecule has 5 heteroatoms. The first-order chi connectivity index (χ1) is 8.03. The third-order valence-corrected chi connectivity index (χ3v) is 3.76. The SMILES string of the molecule is CCCCCCS(=O)(=O)Nc1ccc(F)cc1. The Bertz CT molecular complexity index is 428. The molecule has 0 aliphatic heterocycles. The van der Waals surface area contributed by atoms with Crippen LogP contribution in [0.25, 0.3) is 0 Å². The molecule has 0 atom stereocenters. The van der Waals surface area contributed by atoms with Crippen molar-refractivity contribution in [3.63, 3.8) is 0 Å². The zero-order valence-electron chi connectivity index (χ0n) is 9.95. The summed E-state index contributed by atoms with van der Waals surface area (Å²) in [5, 5.41) is 0. The fourth-order valence-corrected chi connectivity index (χ4v) is 2.65. The minimum absolute atomic E-state index is 0.115. The molecular formula is C12H18FNO2S. The smallest absolute Gasteiger partial charge is 0.232 e. The summed E-state index contributed by atoms with van der Waals surface area (Å²) in [6.07, 6.45) is 3.70. The number of rotatable bonds is 7. The number of hydrogen-bond acceptors (Lipinski definition) is 2. The van der Waals surface area contributed by atoms with Gasteiger partial charge in [0.25, 0.3) is 0 Å². The first-order valence-corrected chi connectivity index (χ1v) is 7.45. The molecule has 0 saturated heterocycles. The van der Waals surface area contributed by atoms with Crippen molar-refractivity contribution in [2.24, 2.45) is 0 Å². The maximum absolute atomic E-state index is 12.6. The summed E-state index contributed by atoms with van der Waals surface area (Å²) in [5.41, 5.74) is 0.405. The van der Waals surface area contributed by atoms with Crippen LogP contribution in [0.2, 0.25) is 0 Å². The minimum atomic E-state index is -3.30. The Kier molecular flexibility index (Phi) is 5.41. The molecule has 0 bridgehead atoms. The molecule has 0 radical (unpaired) electrons. The monoisotopic (exact) mass is 259 g/mol. The van der Waals surface area contributed by atoms with E-state index in [9.17, 15) is 12.8 Å². The normalized spacial score (nSPS) is 11.4. The Labute approximate surface area is 102 Å². The first-order valence-electron chi connectivity index (χ1n) is 5.79. The van der Waals surface area contributed by atoms with Gasteiger partial charge in [0.2, 0.25) is 10.0 Å². The molecule has 1 aromatic carbocycles. The molecule has 1 rings (SSSR count). The zero-order chi connectivity index (χ0) is 12.7. The van der Waals surface area contributed by atoms with Gasteiger partial charge in [-0.05, 0) is 30.7 Å². The highest BCUT2D eigenvalue weighted by atomic mass is 32.2. The molecule has 0 spiro atoms. The molecule has 0 unspecified atom stereocenters. The Morgan fingerprint density at radius 3 is 2.35 bits per heavy atom. The van der Waals surface area contributed by atoms with Gasteiger partial charge < -0.3 is 0 Å². The fraction of sp³-hybridized carbons (Fsp3) is 0.500. The summed E-state index contributed by atoms with van der Waals surface area (Å²) in [7, 11) is -3.30. The van der Waals surface area contributed by atoms with E-state index in [1.54, 1.807) is 0 Å². The van der Waals surface area contributed by atoms with Crippen molar-refractivity contribution in [1.29, 1.82) is 0 Å². The van der Waals surface area contributed by atoms with Crippen LogP contribution in [0.5, 0.6) is 0 Å². The van der Waals surface area contributed by atoms with E-state index in [1.165, 1.54) is 24.3 Å². The van der Waals surface area contributed by atoms with E-state index in [4.69, 9.17) is 0 Å². The third kappa shape index (κ3) is 5.68. The van der Waals surface area contributed by atoms with Crippen LogP contribution >= 0.6 is 0 Å². The standard InChI is InChI=1S/C12H18FNO2S/c1-2-3-4-5-10-17(15,16)14-12-8-6-11(13)7-9-12/h6-9,14H,2-5,10H2,1H3. The van der Waals surface area contributed by atoms with Crippen molar-refractivity contribution in [2.75, 3.05) is 10.5 Å². The van der Waals surface area contributed by atoms with Crippen LogP contribution in [-0.2, 0) is 10.0 Å². The van der Waals surface area contributed by atoms with E-state index < -0.39 is 10.0 Å². The quantitative estimate of drug-likeness (QED) is 0.765. The second-order valence-corrected chi connectivity index (χ2v) is 5.83. The topological polar surface area (TPSA) is 46.2 Å². The lowest BCUT2D eigenvalue weighted by molar-refractivity contribution is 0.594. The van der Waals surface area contributed by atoms with Crippen molar-refractivity contribution < 1.29 is 12.8 Å². The highest BCUT2D eigenvalue weighted by molar-refractivity contribution is 7.92. The molecule has 17 heavy (non-hydrogen) atoms. The van der Waals surface area contributed by atoms with Crippen molar-refractivity contribution in [1.82, 2.24) is 0 Å². The summed E-state index contributed by atoms with van der Waals surface area (Å²) < 4.78 is 38.3. The van der Waals surface area contributed by atoms with Gasteiger partial charge in [-0.2, -0.15) is 0 Å². The molecule has 1 N–H and O–H groups in total. The molecule has 0 aliphatic rings. The van der Waals surface area contributed by atoms with E-state index in [0.717, 1.165) is 19.3 Å². The van der Waals surface area contributed by atoms with Crippen LogP contribution in [0.15, 0.2) is 24.3 Å². The van der Waals surface area contributed by atoms with Gasteiger partial charge >= 0.3 is 0 Å². The molecule has 96 valence electrons. The summed E-state index contributed by atoms with van der Waals surface area (Å²) in [6.45, 7) is 2.07. The highest BCUT2D eigenvalue weighted by Gasteiger charge is 2.09. The van der Waals surface area contributed by atoms with E-state index in [0.29, 0.717) is 12.1 Å². The van der Waals surface area contributed by atoms with Gasteiger partial charge in [0, 0.05) is 5.69 Å². The van der Waals surface area contributed by atoms with E-state index in [-0.39, 0.29) is 11.6 Å². The Morgan fingerprint density at radius 2 is 1.76 bits per heavy atom. The number of halogens is 1. The molecule has 0 aromatic heterocycles. The van der Waals surface area contributed by atoms with Crippen molar-refractivity contribution in [3.8, 4) is 0 Å². The number of hydrogen-bond donors (Lipinski definition) is 1. The number of sulfonamides is 1. The molecule has 0 aliphatic carbocycles. The molecule has 3 nitrogen and oxygen atoms in total. The summed E-state index contributed by atoms with van der Waals surface area (Å²) >= 11 is 0. The molecule has 0 saturated carbocycles. The molecule has 0 heterocycles. The molecule has 0 fully saturated rings. The molecule has 1 aromatic rings. The maximum Gasteiger partial charge on any atom is 0.232 e. The van der Waals surface area contributed by atoms with Gasteiger partial charge in [0.05, 0.1) is 5.75 Å². The van der Waals surface area contributed by atoms with Crippen LogP contribution in [0, 0.1) is 5.82 Å². The number of anilines is 1. The largest absolute Gasteiger partial charge is 0.284 e. The fourth-order valence-electron chi connectivity index (χ4n) is 1.47. The van der Waals surface area contributed by atoms with Gasteiger partial charge in [-0.3, -0.25) is 4.72 Å². The van der Waals surface area contributed by atoms with E-state index in [1.807, 2.05) is 0 Å². The predicted molar refractivity (Wildman–Crippen MR) is 68.0 cm³/mol. The van der Waals surface area contributed by atoms with E-state index in [2.05, 4.69) is 11.6 Å². The summed E-state index contributed by atoms with van der Waals surface area (Å²) in [6, 6.07) is 5.29. The minimum Gasteiger partial charge on any atom is -0.284 e. The summed E-state index contributed by atoms with van der Waals surface area (Å²) in [5.74, 6) is -0.263. The molecular weight excluding hydrogens is 241 g/mol. The van der Waals surface area contributed by atoms with Crippen LogP contribution in [0.4, 0.5) is 10.1 Å². The third-order valence-electron chi connectivity index (χ3n) is 2.38. The Morgan fingerprint density at radius 1 is 1.12 bits per heavy atom. The molecule has 0 amide bonds. The van der Waals surface area contributed by atoms with Gasteiger partial charge in [-0.25, -0.2) is 12.8 Å². The zero-order valence-corrected chi connectivity index (χ0v) is 10.8. The van der Waals surface area contributed by atoms with Crippen molar-refractivity contribution in [2.45, 2.75) is 32.6 Å². The highest BCUT2D eigenvalue weighted by Crippen LogP contribution is 2.11. The van der Waals surface area contributed by atoms with Gasteiger partial charge in [-0.1, -0.05) is 26.2 Å². The van der Waals surface area contributed by atoms with E-state index >= 15 is 0 Å². The maximum atomic E-state index is 12.6. The lowest BCUT2D eigenvalue weighted by Gasteiger charge is -2.07. The van der Waals surface area contributed by atoms with Crippen molar-refractivity contribution >= 4 is 15.7 Å². The Balaban J connectivity index is 2.46. The second kappa shape index (κ2) is 6.59. The van der Waals surface area contributed by atoms with Gasteiger partial charge in [-0.15, -0.1) is 0 Å². The Hall–Kier alpha value is -1.10. The van der Waals surface area contributed by atoms with Gasteiger partial charge in [0.1, 0.15) is 5.82 Å². The lowest BCUT2D eigenvalue weighted by Crippen LogP contribution is -2.16. The second-order valence-electron chi connectivity index (χ2n) is 3.99. The predicted octanol–water partition coefficient (Wildman–Crippen LogP) is 3.15. The number of nitrogens with one attached hydrogen (secondary N) is 1. The van der Waals surface area contributed by atoms with Crippen molar-refractivity contribution in [3.05, 3.63) is 30.1 Å². The number of benzene rings is 1. The average molecular weight is 259 g/mol.